The molecule has 6 nitrogen and oxygen atoms in total. The molecule has 1 amide bonds. The van der Waals surface area contributed by atoms with Crippen LogP contribution < -0.4 is 10.1 Å². The fourth-order valence-corrected chi connectivity index (χ4v) is 3.96. The zero-order valence-electron chi connectivity index (χ0n) is 15.0. The van der Waals surface area contributed by atoms with Gasteiger partial charge in [-0.2, -0.15) is 4.31 Å². The third-order valence-corrected chi connectivity index (χ3v) is 5.95. The van der Waals surface area contributed by atoms with Gasteiger partial charge in [-0.3, -0.25) is 4.79 Å². The van der Waals surface area contributed by atoms with Gasteiger partial charge in [0.25, 0.3) is 0 Å². The van der Waals surface area contributed by atoms with Crippen LogP contribution in [0.1, 0.15) is 11.1 Å². The van der Waals surface area contributed by atoms with Gasteiger partial charge in [-0.05, 0) is 55.3 Å². The smallest absolute Gasteiger partial charge is 0.243 e. The van der Waals surface area contributed by atoms with Gasteiger partial charge in [-0.1, -0.05) is 17.7 Å². The van der Waals surface area contributed by atoms with E-state index in [0.29, 0.717) is 16.5 Å². The maximum atomic E-state index is 12.6. The number of halogens is 1. The molecule has 0 radical (unpaired) electrons. The zero-order chi connectivity index (χ0) is 19.5. The average molecular weight is 397 g/mol. The van der Waals surface area contributed by atoms with E-state index >= 15 is 0 Å². The van der Waals surface area contributed by atoms with Crippen LogP contribution in [-0.2, 0) is 14.8 Å². The summed E-state index contributed by atoms with van der Waals surface area (Å²) in [6.45, 7) is 3.39. The first-order chi connectivity index (χ1) is 12.1. The predicted octanol–water partition coefficient (Wildman–Crippen LogP) is 3.22. The second kappa shape index (κ2) is 8.07. The summed E-state index contributed by atoms with van der Waals surface area (Å²) in [7, 11) is -0.946. The number of hydrogen-bond donors (Lipinski definition) is 1. The Balaban J connectivity index is 2.13. The molecule has 0 aliphatic rings. The van der Waals surface area contributed by atoms with Crippen molar-refractivity contribution in [3.05, 3.63) is 52.5 Å². The van der Waals surface area contributed by atoms with E-state index in [4.69, 9.17) is 16.3 Å². The van der Waals surface area contributed by atoms with Gasteiger partial charge in [0.15, 0.2) is 0 Å². The highest BCUT2D eigenvalue weighted by Gasteiger charge is 2.23. The van der Waals surface area contributed by atoms with Crippen LogP contribution in [0.2, 0.25) is 5.02 Å². The average Bonchev–Trinajstić information content (AvgIpc) is 2.58. The van der Waals surface area contributed by atoms with E-state index in [1.807, 2.05) is 19.9 Å². The number of methoxy groups -OCH3 is 1. The number of carbonyl (C=O) groups is 1. The highest BCUT2D eigenvalue weighted by molar-refractivity contribution is 7.89. The molecule has 26 heavy (non-hydrogen) atoms. The van der Waals surface area contributed by atoms with Crippen LogP contribution in [0.3, 0.4) is 0 Å². The number of nitrogens with one attached hydrogen (secondary N) is 1. The highest BCUT2D eigenvalue weighted by atomic mass is 35.5. The topological polar surface area (TPSA) is 75.7 Å². The first-order valence-corrected chi connectivity index (χ1v) is 9.64. The summed E-state index contributed by atoms with van der Waals surface area (Å²) in [6, 6.07) is 9.60. The number of rotatable bonds is 6. The van der Waals surface area contributed by atoms with E-state index in [0.717, 1.165) is 15.4 Å². The van der Waals surface area contributed by atoms with Crippen molar-refractivity contribution in [3.8, 4) is 5.75 Å². The van der Waals surface area contributed by atoms with Gasteiger partial charge in [-0.15, -0.1) is 0 Å². The van der Waals surface area contributed by atoms with E-state index in [1.54, 1.807) is 18.2 Å². The van der Waals surface area contributed by atoms with Gasteiger partial charge in [-0.25, -0.2) is 8.42 Å². The summed E-state index contributed by atoms with van der Waals surface area (Å²) in [5.74, 6) is 0.0762. The molecule has 1 N–H and O–H groups in total. The monoisotopic (exact) mass is 396 g/mol. The normalized spacial score (nSPS) is 11.5. The predicted molar refractivity (Wildman–Crippen MR) is 102 cm³/mol. The number of hydrogen-bond acceptors (Lipinski definition) is 4. The van der Waals surface area contributed by atoms with Crippen molar-refractivity contribution in [2.75, 3.05) is 26.0 Å². The zero-order valence-corrected chi connectivity index (χ0v) is 16.6. The Morgan fingerprint density at radius 2 is 1.81 bits per heavy atom. The third-order valence-electron chi connectivity index (χ3n) is 3.83. The van der Waals surface area contributed by atoms with Crippen LogP contribution in [-0.4, -0.2) is 39.3 Å². The summed E-state index contributed by atoms with van der Waals surface area (Å²) in [6.07, 6.45) is 0. The Hall–Kier alpha value is -2.09. The fraction of sp³-hybridized carbons (Fsp3) is 0.278. The number of anilines is 1. The van der Waals surface area contributed by atoms with Gasteiger partial charge >= 0.3 is 0 Å². The van der Waals surface area contributed by atoms with Crippen molar-refractivity contribution >= 4 is 33.2 Å². The molecule has 0 heterocycles. The molecule has 0 fully saturated rings. The first-order valence-electron chi connectivity index (χ1n) is 7.82. The van der Waals surface area contributed by atoms with E-state index in [1.165, 1.54) is 26.3 Å². The second-order valence-corrected chi connectivity index (χ2v) is 8.38. The summed E-state index contributed by atoms with van der Waals surface area (Å²) >= 11 is 6.17. The molecule has 0 saturated carbocycles. The van der Waals surface area contributed by atoms with Crippen LogP contribution in [0.4, 0.5) is 5.69 Å². The lowest BCUT2D eigenvalue weighted by Gasteiger charge is -2.18. The minimum atomic E-state index is -3.79. The summed E-state index contributed by atoms with van der Waals surface area (Å²) < 4.78 is 31.2. The van der Waals surface area contributed by atoms with Gasteiger partial charge < -0.3 is 10.1 Å². The number of sulfonamides is 1. The molecule has 0 aromatic heterocycles. The van der Waals surface area contributed by atoms with Crippen LogP contribution in [0.15, 0.2) is 41.3 Å². The Labute approximate surface area is 158 Å². The highest BCUT2D eigenvalue weighted by Crippen LogP contribution is 2.27. The molecule has 0 bridgehead atoms. The van der Waals surface area contributed by atoms with Crippen LogP contribution in [0.25, 0.3) is 0 Å². The molecule has 140 valence electrons. The van der Waals surface area contributed by atoms with Crippen molar-refractivity contribution in [1.82, 2.24) is 4.31 Å². The minimum Gasteiger partial charge on any atom is -0.497 e. The first kappa shape index (κ1) is 20.2. The van der Waals surface area contributed by atoms with Crippen molar-refractivity contribution in [1.29, 1.82) is 0 Å². The van der Waals surface area contributed by atoms with E-state index in [9.17, 15) is 13.2 Å². The molecule has 0 aliphatic carbocycles. The van der Waals surface area contributed by atoms with E-state index in [-0.39, 0.29) is 11.4 Å². The van der Waals surface area contributed by atoms with Gasteiger partial charge in [0.1, 0.15) is 5.75 Å². The number of benzene rings is 2. The number of likely N-dealkylation sites (N-methyl/N-ethyl adjacent to an activating group) is 1. The number of ether oxygens (including phenoxy) is 1. The van der Waals surface area contributed by atoms with Crippen molar-refractivity contribution in [2.24, 2.45) is 0 Å². The number of amides is 1. The molecule has 0 atom stereocenters. The van der Waals surface area contributed by atoms with E-state index in [2.05, 4.69) is 5.32 Å². The SMILES string of the molecule is COc1ccc(S(=O)(=O)N(C)CC(=O)Nc2c(C)cc(C)cc2Cl)cc1. The second-order valence-electron chi connectivity index (χ2n) is 5.92. The third kappa shape index (κ3) is 4.55. The molecule has 0 spiro atoms. The molecule has 2 rings (SSSR count). The standard InChI is InChI=1S/C18H21ClN2O4S/c1-12-9-13(2)18(16(19)10-12)20-17(22)11-21(3)26(23,24)15-7-5-14(25-4)6-8-15/h5-10H,11H2,1-4H3,(H,20,22). The molecule has 8 heteroatoms. The Bertz CT molecular complexity index is 888. The molecule has 2 aromatic rings. The minimum absolute atomic E-state index is 0.0816. The molecular formula is C18H21ClN2O4S. The van der Waals surface area contributed by atoms with Crippen LogP contribution in [0.5, 0.6) is 5.75 Å². The summed E-state index contributed by atoms with van der Waals surface area (Å²) in [5, 5.41) is 3.09. The number of carbonyl (C=O) groups excluding carboxylic acids is 1. The maximum Gasteiger partial charge on any atom is 0.243 e. The number of aryl methyl sites for hydroxylation is 2. The summed E-state index contributed by atoms with van der Waals surface area (Å²) in [4.78, 5) is 12.4. The fourth-order valence-electron chi connectivity index (χ4n) is 2.47. The largest absolute Gasteiger partial charge is 0.497 e. The molecular weight excluding hydrogens is 376 g/mol. The van der Waals surface area contributed by atoms with Crippen molar-refractivity contribution < 1.29 is 17.9 Å². The van der Waals surface area contributed by atoms with Gasteiger partial charge in [0, 0.05) is 7.05 Å². The van der Waals surface area contributed by atoms with Crippen molar-refractivity contribution in [2.45, 2.75) is 18.7 Å². The lowest BCUT2D eigenvalue weighted by molar-refractivity contribution is -0.116. The van der Waals surface area contributed by atoms with Crippen LogP contribution in [0, 0.1) is 13.8 Å². The Morgan fingerprint density at radius 3 is 2.35 bits per heavy atom. The molecule has 0 aliphatic heterocycles. The van der Waals surface area contributed by atoms with Gasteiger partial charge in [0.05, 0.1) is 29.3 Å². The van der Waals surface area contributed by atoms with Crippen LogP contribution >= 0.6 is 11.6 Å². The number of nitrogens with zero attached hydrogens (tertiary/aromatic N) is 1. The maximum absolute atomic E-state index is 12.6. The Kier molecular flexibility index (Phi) is 6.28. The lowest BCUT2D eigenvalue weighted by Crippen LogP contribution is -2.35. The molecule has 0 unspecified atom stereocenters. The quantitative estimate of drug-likeness (QED) is 0.813. The molecule has 0 saturated heterocycles. The Morgan fingerprint density at radius 1 is 1.19 bits per heavy atom. The summed E-state index contributed by atoms with van der Waals surface area (Å²) in [5.41, 5.74) is 2.27. The van der Waals surface area contributed by atoms with E-state index < -0.39 is 15.9 Å². The molecule has 2 aromatic carbocycles. The van der Waals surface area contributed by atoms with Crippen molar-refractivity contribution in [3.63, 3.8) is 0 Å². The van der Waals surface area contributed by atoms with Gasteiger partial charge in [0.2, 0.25) is 15.9 Å². The lowest BCUT2D eigenvalue weighted by atomic mass is 10.1.